The SMILES string of the molecule is Cc1[nH]ncc1S(=O)(=O)N1CCCN(C)CC1C. The summed E-state index contributed by atoms with van der Waals surface area (Å²) < 4.78 is 26.8. The Balaban J connectivity index is 2.32. The first kappa shape index (κ1) is 13.5. The van der Waals surface area contributed by atoms with Crippen LogP contribution in [-0.4, -0.2) is 60.5 Å². The Bertz CT molecular complexity index is 511. The molecule has 0 bridgehead atoms. The number of aryl methyl sites for hydroxylation is 1. The molecule has 1 aliphatic heterocycles. The van der Waals surface area contributed by atoms with Crippen molar-refractivity contribution in [2.45, 2.75) is 31.2 Å². The van der Waals surface area contributed by atoms with E-state index >= 15 is 0 Å². The second-order valence-corrected chi connectivity index (χ2v) is 6.80. The Kier molecular flexibility index (Phi) is 3.74. The summed E-state index contributed by atoms with van der Waals surface area (Å²) in [7, 11) is -1.41. The summed E-state index contributed by atoms with van der Waals surface area (Å²) in [6, 6.07) is -0.0169. The Labute approximate surface area is 108 Å². The first-order valence-electron chi connectivity index (χ1n) is 6.13. The predicted octanol–water partition coefficient (Wildman–Crippen LogP) is 0.433. The number of nitrogens with one attached hydrogen (secondary N) is 1. The van der Waals surface area contributed by atoms with Crippen LogP contribution in [0.3, 0.4) is 0 Å². The summed E-state index contributed by atoms with van der Waals surface area (Å²) in [5, 5.41) is 6.49. The van der Waals surface area contributed by atoms with Gasteiger partial charge >= 0.3 is 0 Å². The van der Waals surface area contributed by atoms with Crippen molar-refractivity contribution in [1.82, 2.24) is 19.4 Å². The van der Waals surface area contributed by atoms with Crippen LogP contribution in [0.5, 0.6) is 0 Å². The average Bonchev–Trinajstić information content (AvgIpc) is 2.62. The molecule has 7 heteroatoms. The smallest absolute Gasteiger partial charge is 0.246 e. The van der Waals surface area contributed by atoms with Crippen LogP contribution < -0.4 is 0 Å². The molecule has 1 saturated heterocycles. The maximum Gasteiger partial charge on any atom is 0.246 e. The van der Waals surface area contributed by atoms with Crippen molar-refractivity contribution in [1.29, 1.82) is 0 Å². The number of hydrogen-bond donors (Lipinski definition) is 1. The van der Waals surface area contributed by atoms with Gasteiger partial charge in [0.1, 0.15) is 4.90 Å². The molecule has 1 atom stereocenters. The highest BCUT2D eigenvalue weighted by molar-refractivity contribution is 7.89. The van der Waals surface area contributed by atoms with Crippen LogP contribution in [0.1, 0.15) is 19.0 Å². The van der Waals surface area contributed by atoms with Crippen LogP contribution >= 0.6 is 0 Å². The zero-order valence-electron chi connectivity index (χ0n) is 11.0. The molecule has 1 fully saturated rings. The maximum atomic E-state index is 12.6. The zero-order chi connectivity index (χ0) is 13.3. The molecule has 0 aromatic carbocycles. The van der Waals surface area contributed by atoms with Crippen molar-refractivity contribution in [3.05, 3.63) is 11.9 Å². The molecule has 2 heterocycles. The minimum Gasteiger partial charge on any atom is -0.305 e. The number of nitrogens with zero attached hydrogens (tertiary/aromatic N) is 3. The molecule has 2 rings (SSSR count). The normalized spacial score (nSPS) is 24.1. The van der Waals surface area contributed by atoms with Crippen molar-refractivity contribution in [2.75, 3.05) is 26.7 Å². The number of rotatable bonds is 2. The third-order valence-corrected chi connectivity index (χ3v) is 5.48. The van der Waals surface area contributed by atoms with Gasteiger partial charge < -0.3 is 4.90 Å². The summed E-state index contributed by atoms with van der Waals surface area (Å²) in [6.45, 7) is 5.94. The Morgan fingerprint density at radius 1 is 1.44 bits per heavy atom. The van der Waals surface area contributed by atoms with Crippen molar-refractivity contribution in [3.63, 3.8) is 0 Å². The summed E-state index contributed by atoms with van der Waals surface area (Å²) in [6.07, 6.45) is 2.25. The molecule has 1 aromatic heterocycles. The van der Waals surface area contributed by atoms with Crippen molar-refractivity contribution in [3.8, 4) is 0 Å². The van der Waals surface area contributed by atoms with Gasteiger partial charge in [-0.15, -0.1) is 0 Å². The van der Waals surface area contributed by atoms with E-state index in [9.17, 15) is 8.42 Å². The lowest BCUT2D eigenvalue weighted by atomic mass is 10.3. The van der Waals surface area contributed by atoms with E-state index < -0.39 is 10.0 Å². The Morgan fingerprint density at radius 2 is 2.17 bits per heavy atom. The molecule has 1 aromatic rings. The maximum absolute atomic E-state index is 12.6. The van der Waals surface area contributed by atoms with Crippen LogP contribution in [0, 0.1) is 6.92 Å². The first-order valence-corrected chi connectivity index (χ1v) is 7.57. The number of sulfonamides is 1. The molecular weight excluding hydrogens is 252 g/mol. The van der Waals surface area contributed by atoms with E-state index in [1.165, 1.54) is 6.20 Å². The van der Waals surface area contributed by atoms with E-state index in [0.717, 1.165) is 19.5 Å². The van der Waals surface area contributed by atoms with E-state index in [1.54, 1.807) is 11.2 Å². The minimum atomic E-state index is -3.43. The van der Waals surface area contributed by atoms with Gasteiger partial charge in [0.25, 0.3) is 0 Å². The second-order valence-electron chi connectivity index (χ2n) is 4.94. The number of likely N-dealkylation sites (N-methyl/N-ethyl adjacent to an activating group) is 1. The first-order chi connectivity index (χ1) is 8.43. The molecule has 1 N–H and O–H groups in total. The monoisotopic (exact) mass is 272 g/mol. The quantitative estimate of drug-likeness (QED) is 0.848. The Morgan fingerprint density at radius 3 is 2.78 bits per heavy atom. The third kappa shape index (κ3) is 2.43. The molecular formula is C11H20N4O2S. The summed E-state index contributed by atoms with van der Waals surface area (Å²) in [4.78, 5) is 2.46. The van der Waals surface area contributed by atoms with Crippen molar-refractivity contribution < 1.29 is 8.42 Å². The largest absolute Gasteiger partial charge is 0.305 e. The highest BCUT2D eigenvalue weighted by Crippen LogP contribution is 2.22. The van der Waals surface area contributed by atoms with Gasteiger partial charge in [0.15, 0.2) is 0 Å². The fourth-order valence-corrected chi connectivity index (χ4v) is 4.21. The molecule has 1 aliphatic rings. The number of H-pyrrole nitrogens is 1. The number of aromatic amines is 1. The van der Waals surface area contributed by atoms with Gasteiger partial charge in [-0.05, 0) is 33.9 Å². The van der Waals surface area contributed by atoms with E-state index in [4.69, 9.17) is 0 Å². The van der Waals surface area contributed by atoms with Crippen LogP contribution in [0.2, 0.25) is 0 Å². The lowest BCUT2D eigenvalue weighted by Crippen LogP contribution is -2.41. The van der Waals surface area contributed by atoms with E-state index in [1.807, 2.05) is 14.0 Å². The summed E-state index contributed by atoms with van der Waals surface area (Å²) >= 11 is 0. The highest BCUT2D eigenvalue weighted by atomic mass is 32.2. The van der Waals surface area contributed by atoms with Crippen LogP contribution in [-0.2, 0) is 10.0 Å². The van der Waals surface area contributed by atoms with Gasteiger partial charge in [-0.3, -0.25) is 5.10 Å². The molecule has 0 saturated carbocycles. The second kappa shape index (κ2) is 4.99. The predicted molar refractivity (Wildman–Crippen MR) is 68.8 cm³/mol. The molecule has 0 aliphatic carbocycles. The van der Waals surface area contributed by atoms with Crippen LogP contribution in [0.4, 0.5) is 0 Å². The minimum absolute atomic E-state index is 0.0169. The zero-order valence-corrected chi connectivity index (χ0v) is 11.9. The summed E-state index contributed by atoms with van der Waals surface area (Å²) in [5.41, 5.74) is 0.597. The average molecular weight is 272 g/mol. The number of hydrogen-bond acceptors (Lipinski definition) is 4. The standard InChI is InChI=1S/C11H20N4O2S/c1-9-8-14(3)5-4-6-15(9)18(16,17)11-7-12-13-10(11)2/h7,9H,4-6,8H2,1-3H3,(H,12,13). The number of aromatic nitrogens is 2. The molecule has 0 amide bonds. The van der Waals surface area contributed by atoms with Gasteiger partial charge in [0.2, 0.25) is 10.0 Å². The Hall–Kier alpha value is -0.920. The van der Waals surface area contributed by atoms with Crippen molar-refractivity contribution in [2.24, 2.45) is 0 Å². The molecule has 1 unspecified atom stereocenters. The van der Waals surface area contributed by atoms with Crippen LogP contribution in [0.25, 0.3) is 0 Å². The summed E-state index contributed by atoms with van der Waals surface area (Å²) in [5.74, 6) is 0. The van der Waals surface area contributed by atoms with Gasteiger partial charge in [0, 0.05) is 19.1 Å². The molecule has 0 radical (unpaired) electrons. The molecule has 0 spiro atoms. The van der Waals surface area contributed by atoms with Gasteiger partial charge in [0.05, 0.1) is 11.9 Å². The lowest BCUT2D eigenvalue weighted by molar-refractivity contribution is 0.290. The molecule has 102 valence electrons. The highest BCUT2D eigenvalue weighted by Gasteiger charge is 2.32. The van der Waals surface area contributed by atoms with Gasteiger partial charge in [-0.25, -0.2) is 8.42 Å². The van der Waals surface area contributed by atoms with Crippen LogP contribution in [0.15, 0.2) is 11.1 Å². The van der Waals surface area contributed by atoms with Crippen molar-refractivity contribution >= 4 is 10.0 Å². The topological polar surface area (TPSA) is 69.3 Å². The van der Waals surface area contributed by atoms with Gasteiger partial charge in [-0.1, -0.05) is 0 Å². The van der Waals surface area contributed by atoms with E-state index in [2.05, 4.69) is 15.1 Å². The third-order valence-electron chi connectivity index (χ3n) is 3.36. The van der Waals surface area contributed by atoms with E-state index in [-0.39, 0.29) is 6.04 Å². The fraction of sp³-hybridized carbons (Fsp3) is 0.727. The van der Waals surface area contributed by atoms with Gasteiger partial charge in [-0.2, -0.15) is 9.40 Å². The fourth-order valence-electron chi connectivity index (χ4n) is 2.43. The molecule has 6 nitrogen and oxygen atoms in total. The lowest BCUT2D eigenvalue weighted by Gasteiger charge is -2.26. The molecule has 18 heavy (non-hydrogen) atoms. The van der Waals surface area contributed by atoms with E-state index in [0.29, 0.717) is 17.1 Å².